The van der Waals surface area contributed by atoms with E-state index in [4.69, 9.17) is 18.9 Å². The summed E-state index contributed by atoms with van der Waals surface area (Å²) in [6, 6.07) is 4.39. The molecule has 380 valence electrons. The Kier molecular flexibility index (Phi) is 22.7. The SMILES string of the molecule is CCSC(SCC)[C@H]1CC(F)CN1C(=O)c1cc(OC)c(OCCCCN2CCN(CCCCOc3cc([N+](=O)[O-])c(C(=O)N4CC(F)C[C@H]4C(SCC)SCC)cc3OC)CC2)cc1[N+](=O)[O-]. The predicted molar refractivity (Wildman–Crippen MR) is 270 cm³/mol. The molecule has 0 N–H and O–H groups in total. The summed E-state index contributed by atoms with van der Waals surface area (Å²) in [6.07, 6.45) is 1.05. The molecule has 22 heteroatoms. The highest BCUT2D eigenvalue weighted by atomic mass is 32.2. The number of unbranched alkanes of at least 4 members (excludes halogenated alkanes) is 2. The molecule has 0 spiro atoms. The predicted octanol–water partition coefficient (Wildman–Crippen LogP) is 8.93. The Labute approximate surface area is 416 Å². The quantitative estimate of drug-likeness (QED) is 0.0342. The van der Waals surface area contributed by atoms with Gasteiger partial charge in [-0.1, -0.05) is 27.7 Å². The van der Waals surface area contributed by atoms with Crippen LogP contribution in [-0.4, -0.2) is 178 Å². The fourth-order valence-electron chi connectivity index (χ4n) is 8.88. The number of carbonyl (C=O) groups is 2. The molecule has 68 heavy (non-hydrogen) atoms. The summed E-state index contributed by atoms with van der Waals surface area (Å²) in [4.78, 5) is 58.7. The maximum Gasteiger partial charge on any atom is 0.286 e. The summed E-state index contributed by atoms with van der Waals surface area (Å²) >= 11 is 6.61. The van der Waals surface area contributed by atoms with E-state index in [1.165, 1.54) is 48.3 Å². The number of nitro groups is 2. The maximum atomic E-state index is 14.8. The minimum Gasteiger partial charge on any atom is -0.493 e. The number of likely N-dealkylation sites (tertiary alicyclic amines) is 2. The van der Waals surface area contributed by atoms with E-state index in [1.54, 1.807) is 47.0 Å². The molecule has 2 aromatic rings. The highest BCUT2D eigenvalue weighted by Crippen LogP contribution is 2.42. The van der Waals surface area contributed by atoms with Crippen LogP contribution < -0.4 is 18.9 Å². The van der Waals surface area contributed by atoms with Gasteiger partial charge in [-0.25, -0.2) is 8.78 Å². The fourth-order valence-corrected chi connectivity index (χ4v) is 14.5. The van der Waals surface area contributed by atoms with Crippen LogP contribution in [0.5, 0.6) is 23.0 Å². The summed E-state index contributed by atoms with van der Waals surface area (Å²) in [5.74, 6) is 2.78. The lowest BCUT2D eigenvalue weighted by Gasteiger charge is -2.34. The second-order valence-electron chi connectivity index (χ2n) is 16.6. The lowest BCUT2D eigenvalue weighted by Crippen LogP contribution is -2.46. The van der Waals surface area contributed by atoms with Crippen LogP contribution in [0.1, 0.15) is 86.9 Å². The molecule has 3 fully saturated rings. The molecule has 2 amide bonds. The number of piperazine rings is 1. The van der Waals surface area contributed by atoms with Gasteiger partial charge in [0, 0.05) is 51.2 Å². The summed E-state index contributed by atoms with van der Waals surface area (Å²) in [7, 11) is 2.83. The van der Waals surface area contributed by atoms with Gasteiger partial charge < -0.3 is 38.5 Å². The molecule has 0 bridgehead atoms. The van der Waals surface area contributed by atoms with Gasteiger partial charge in [-0.15, -0.1) is 47.0 Å². The molecule has 0 aromatic heterocycles. The van der Waals surface area contributed by atoms with Gasteiger partial charge in [0.1, 0.15) is 23.5 Å². The molecule has 3 aliphatic heterocycles. The van der Waals surface area contributed by atoms with E-state index in [0.29, 0.717) is 26.1 Å². The monoisotopic (exact) mass is 1030 g/mol. The lowest BCUT2D eigenvalue weighted by molar-refractivity contribution is -0.385. The topological polar surface area (TPSA) is 170 Å². The molecule has 3 saturated heterocycles. The molecule has 0 radical (unpaired) electrons. The smallest absolute Gasteiger partial charge is 0.286 e. The van der Waals surface area contributed by atoms with Gasteiger partial charge in [0.15, 0.2) is 23.0 Å². The molecule has 3 aliphatic rings. The van der Waals surface area contributed by atoms with Crippen LogP contribution in [0.2, 0.25) is 0 Å². The van der Waals surface area contributed by atoms with Crippen molar-refractivity contribution >= 4 is 70.2 Å². The third kappa shape index (κ3) is 14.8. The van der Waals surface area contributed by atoms with E-state index in [0.717, 1.165) is 75.1 Å². The van der Waals surface area contributed by atoms with Crippen LogP contribution in [0.15, 0.2) is 24.3 Å². The minimum atomic E-state index is -1.20. The molecule has 0 aliphatic carbocycles. The van der Waals surface area contributed by atoms with Gasteiger partial charge in [-0.2, -0.15) is 0 Å². The minimum absolute atomic E-state index is 0.0443. The second-order valence-corrected chi connectivity index (χ2v) is 22.9. The number of carbonyl (C=O) groups excluding carboxylic acids is 2. The van der Waals surface area contributed by atoms with Crippen LogP contribution in [0.3, 0.4) is 0 Å². The Balaban J connectivity index is 1.05. The molecule has 2 aromatic carbocycles. The molecular weight excluding hydrogens is 963 g/mol. The number of amides is 2. The van der Waals surface area contributed by atoms with Gasteiger partial charge in [0.25, 0.3) is 23.2 Å². The van der Waals surface area contributed by atoms with Gasteiger partial charge in [0.05, 0.1) is 83.7 Å². The van der Waals surface area contributed by atoms with Gasteiger partial charge in [-0.05, 0) is 61.8 Å². The van der Waals surface area contributed by atoms with Crippen LogP contribution in [0, 0.1) is 20.2 Å². The van der Waals surface area contributed by atoms with Crippen LogP contribution in [-0.2, 0) is 0 Å². The molecule has 5 rings (SSSR count). The van der Waals surface area contributed by atoms with E-state index in [9.17, 15) is 38.6 Å². The van der Waals surface area contributed by atoms with Crippen molar-refractivity contribution in [3.63, 3.8) is 0 Å². The number of halogens is 2. The van der Waals surface area contributed by atoms with Crippen molar-refractivity contribution in [2.75, 3.05) is 103 Å². The van der Waals surface area contributed by atoms with Gasteiger partial charge >= 0.3 is 0 Å². The van der Waals surface area contributed by atoms with E-state index in [-0.39, 0.29) is 69.2 Å². The zero-order valence-corrected chi connectivity index (χ0v) is 43.3. The number of nitro benzene ring substituents is 2. The van der Waals surface area contributed by atoms with Gasteiger partial charge in [-0.3, -0.25) is 29.8 Å². The maximum absolute atomic E-state index is 14.8. The largest absolute Gasteiger partial charge is 0.493 e. The van der Waals surface area contributed by atoms with Crippen molar-refractivity contribution in [3.8, 4) is 23.0 Å². The number of benzene rings is 2. The standard InChI is InChI=1S/C46H68F2N6O10S4/c1-7-65-45(66-8-2)37-23-31(47)29-51(37)43(55)33-25-39(61-5)41(27-35(33)53(57)58)63-21-13-11-15-49-17-19-50(20-18-49)16-12-14-22-64-42-28-36(54(59)60)34(26-40(42)62-6)44(56)52-30-32(48)24-38(52)46(67-9-3)68-10-4/h25-28,31-32,37-38,45-46H,7-24,29-30H2,1-6H3/t31?,32?,37-,38+. The first kappa shape index (κ1) is 55.5. The highest BCUT2D eigenvalue weighted by Gasteiger charge is 2.44. The number of methoxy groups -OCH3 is 2. The summed E-state index contributed by atoms with van der Waals surface area (Å²) in [6.45, 7) is 13.7. The Morgan fingerprint density at radius 1 is 0.618 bits per heavy atom. The molecule has 16 nitrogen and oxygen atoms in total. The van der Waals surface area contributed by atoms with E-state index < -0.39 is 57.5 Å². The zero-order chi connectivity index (χ0) is 49.3. The molecule has 2 unspecified atom stereocenters. The number of rotatable bonds is 28. The van der Waals surface area contributed by atoms with Crippen molar-refractivity contribution in [2.45, 2.75) is 99.8 Å². The molecule has 3 heterocycles. The highest BCUT2D eigenvalue weighted by molar-refractivity contribution is 8.17. The van der Waals surface area contributed by atoms with E-state index >= 15 is 0 Å². The number of alkyl halides is 2. The Morgan fingerprint density at radius 2 is 0.971 bits per heavy atom. The second kappa shape index (κ2) is 27.8. The summed E-state index contributed by atoms with van der Waals surface area (Å²) in [5.41, 5.74) is -1.10. The summed E-state index contributed by atoms with van der Waals surface area (Å²) in [5, 5.41) is 24.5. The third-order valence-corrected chi connectivity index (χ3v) is 17.7. The molecule has 4 atom stereocenters. The van der Waals surface area contributed by atoms with E-state index in [2.05, 4.69) is 9.80 Å². The van der Waals surface area contributed by atoms with Crippen LogP contribution in [0.4, 0.5) is 20.2 Å². The third-order valence-electron chi connectivity index (χ3n) is 12.2. The van der Waals surface area contributed by atoms with Crippen molar-refractivity contribution in [1.29, 1.82) is 0 Å². The zero-order valence-electron chi connectivity index (χ0n) is 40.1. The number of thioether (sulfide) groups is 4. The number of hydrogen-bond acceptors (Lipinski definition) is 16. The average molecular weight is 1030 g/mol. The first-order valence-corrected chi connectivity index (χ1v) is 27.8. The van der Waals surface area contributed by atoms with Crippen LogP contribution in [0.25, 0.3) is 0 Å². The lowest BCUT2D eigenvalue weighted by atomic mass is 10.1. The van der Waals surface area contributed by atoms with E-state index in [1.807, 2.05) is 27.7 Å². The van der Waals surface area contributed by atoms with Crippen molar-refractivity contribution in [3.05, 3.63) is 55.6 Å². The molecular formula is C46H68F2N6O10S4. The first-order valence-electron chi connectivity index (χ1n) is 23.6. The van der Waals surface area contributed by atoms with Crippen molar-refractivity contribution in [2.24, 2.45) is 0 Å². The van der Waals surface area contributed by atoms with Crippen molar-refractivity contribution < 1.29 is 47.2 Å². The Hall–Kier alpha value is -3.44. The Morgan fingerprint density at radius 3 is 1.28 bits per heavy atom. The average Bonchev–Trinajstić information content (AvgIpc) is 3.92. The Bertz CT molecular complexity index is 1840. The number of hydrogen-bond donors (Lipinski definition) is 0. The van der Waals surface area contributed by atoms with Gasteiger partial charge in [0.2, 0.25) is 0 Å². The first-order chi connectivity index (χ1) is 32.8. The van der Waals surface area contributed by atoms with Crippen LogP contribution >= 0.6 is 47.0 Å². The number of ether oxygens (including phenoxy) is 4. The normalized spacial score (nSPS) is 20.1. The molecule has 0 saturated carbocycles. The van der Waals surface area contributed by atoms with Crippen molar-refractivity contribution in [1.82, 2.24) is 19.6 Å². The summed E-state index contributed by atoms with van der Waals surface area (Å²) < 4.78 is 52.5. The fraction of sp³-hybridized carbons (Fsp3) is 0.696. The number of nitrogens with zero attached hydrogens (tertiary/aromatic N) is 6.